The van der Waals surface area contributed by atoms with Crippen LogP contribution in [0.4, 0.5) is 24.7 Å². The van der Waals surface area contributed by atoms with Crippen LogP contribution in [0.25, 0.3) is 0 Å². The van der Waals surface area contributed by atoms with E-state index < -0.39 is 11.9 Å². The second-order valence-electron chi connectivity index (χ2n) is 8.98. The minimum Gasteiger partial charge on any atom is -0.472 e. The van der Waals surface area contributed by atoms with Gasteiger partial charge in [-0.2, -0.15) is 13.2 Å². The number of benzene rings is 1. The minimum absolute atomic E-state index is 0.0321. The lowest BCUT2D eigenvalue weighted by atomic mass is 10.1. The average Bonchev–Trinajstić information content (AvgIpc) is 3.49. The third kappa shape index (κ3) is 5.19. The number of carbonyl (C=O) groups excluding carboxylic acids is 1. The smallest absolute Gasteiger partial charge is 0.433 e. The maximum atomic E-state index is 12.6. The van der Waals surface area contributed by atoms with Gasteiger partial charge in [-0.05, 0) is 36.2 Å². The van der Waals surface area contributed by atoms with E-state index in [1.807, 2.05) is 4.90 Å². The molecule has 2 atom stereocenters. The molecule has 2 bridgehead atoms. The van der Waals surface area contributed by atoms with Crippen molar-refractivity contribution < 1.29 is 22.7 Å². The molecule has 0 spiro atoms. The summed E-state index contributed by atoms with van der Waals surface area (Å²) in [6, 6.07) is 14.6. The number of amides is 1. The van der Waals surface area contributed by atoms with Crippen LogP contribution in [0.15, 0.2) is 54.7 Å². The Kier molecular flexibility index (Phi) is 6.38. The first-order valence-corrected chi connectivity index (χ1v) is 11.6. The van der Waals surface area contributed by atoms with Crippen molar-refractivity contribution in [3.05, 3.63) is 71.5 Å². The van der Waals surface area contributed by atoms with E-state index in [0.29, 0.717) is 30.0 Å². The molecule has 3 aromatic rings. The van der Waals surface area contributed by atoms with Gasteiger partial charge >= 0.3 is 6.18 Å². The third-order valence-corrected chi connectivity index (χ3v) is 6.53. The molecular weight excluding hydrogens is 473 g/mol. The van der Waals surface area contributed by atoms with Gasteiger partial charge in [0.2, 0.25) is 11.8 Å². The van der Waals surface area contributed by atoms with Gasteiger partial charge < -0.3 is 19.9 Å². The highest BCUT2D eigenvalue weighted by Gasteiger charge is 2.44. The predicted octanol–water partition coefficient (Wildman–Crippen LogP) is 3.89. The number of hydrogen-bond acceptors (Lipinski definition) is 7. The van der Waals surface area contributed by atoms with Gasteiger partial charge in [-0.3, -0.25) is 9.78 Å². The number of nitrogens with zero attached hydrogens (tertiary/aromatic N) is 5. The van der Waals surface area contributed by atoms with E-state index in [0.717, 1.165) is 37.3 Å². The molecule has 1 aromatic carbocycles. The number of alkyl halides is 3. The zero-order valence-corrected chi connectivity index (χ0v) is 19.6. The Bertz CT molecular complexity index is 1200. The van der Waals surface area contributed by atoms with E-state index in [2.05, 4.69) is 49.7 Å². The van der Waals surface area contributed by atoms with Crippen LogP contribution in [-0.4, -0.2) is 51.2 Å². The van der Waals surface area contributed by atoms with Crippen molar-refractivity contribution in [1.82, 2.24) is 20.1 Å². The summed E-state index contributed by atoms with van der Waals surface area (Å²) in [6.45, 7) is 3.91. The van der Waals surface area contributed by atoms with Crippen molar-refractivity contribution in [2.24, 2.45) is 0 Å². The summed E-state index contributed by atoms with van der Waals surface area (Å²) < 4.78 is 43.3. The van der Waals surface area contributed by atoms with Crippen LogP contribution in [0.3, 0.4) is 0 Å². The number of hydrogen-bond donors (Lipinski definition) is 1. The monoisotopic (exact) mass is 498 g/mol. The molecule has 8 nitrogen and oxygen atoms in total. The Morgan fingerprint density at radius 3 is 2.39 bits per heavy atom. The number of halogens is 3. The SMILES string of the molecule is CC(=O)N1CC2CC1CN2c1ccc(CNc2ccc(OCc3ccc(C(F)(F)F)nc3)nn2)cc1. The summed E-state index contributed by atoms with van der Waals surface area (Å²) in [7, 11) is 0. The fourth-order valence-corrected chi connectivity index (χ4v) is 4.69. The van der Waals surface area contributed by atoms with Crippen LogP contribution in [0.2, 0.25) is 0 Å². The zero-order chi connectivity index (χ0) is 25.3. The number of likely N-dealkylation sites (tertiary alicyclic amines) is 1. The van der Waals surface area contributed by atoms with Gasteiger partial charge in [-0.25, -0.2) is 0 Å². The van der Waals surface area contributed by atoms with Crippen molar-refractivity contribution in [1.29, 1.82) is 0 Å². The first-order chi connectivity index (χ1) is 17.3. The highest BCUT2D eigenvalue weighted by molar-refractivity contribution is 5.75. The summed E-state index contributed by atoms with van der Waals surface area (Å²) in [4.78, 5) is 19.5. The third-order valence-electron chi connectivity index (χ3n) is 6.53. The number of fused-ring (bicyclic) bond motifs is 2. The first-order valence-electron chi connectivity index (χ1n) is 11.6. The van der Waals surface area contributed by atoms with Crippen LogP contribution in [0.1, 0.15) is 30.2 Å². The zero-order valence-electron chi connectivity index (χ0n) is 19.6. The van der Waals surface area contributed by atoms with Crippen LogP contribution in [0.5, 0.6) is 5.88 Å². The lowest BCUT2D eigenvalue weighted by molar-refractivity contribution is -0.141. The fraction of sp³-hybridized carbons (Fsp3) is 0.360. The standard InChI is InChI=1S/C25H25F3N6O2/c1-16(35)33-13-21-10-20(33)14-34(21)19-5-2-17(3-6-19)11-30-23-8-9-24(32-31-23)36-15-18-4-7-22(29-12-18)25(26,27)28/h2-9,12,20-21H,10-11,13-15H2,1H3,(H,30,31). The Hall–Kier alpha value is -3.89. The number of anilines is 2. The Balaban J connectivity index is 1.09. The molecule has 0 saturated carbocycles. The minimum atomic E-state index is -4.47. The molecule has 0 aliphatic carbocycles. The molecule has 1 amide bonds. The van der Waals surface area contributed by atoms with Crippen molar-refractivity contribution in [3.63, 3.8) is 0 Å². The summed E-state index contributed by atoms with van der Waals surface area (Å²) >= 11 is 0. The van der Waals surface area contributed by atoms with Gasteiger partial charge in [-0.1, -0.05) is 18.2 Å². The molecule has 2 aliphatic heterocycles. The summed E-state index contributed by atoms with van der Waals surface area (Å²) in [6.07, 6.45) is -2.31. The highest BCUT2D eigenvalue weighted by Crippen LogP contribution is 2.34. The molecule has 2 fully saturated rings. The van der Waals surface area contributed by atoms with E-state index in [1.54, 1.807) is 19.1 Å². The van der Waals surface area contributed by atoms with E-state index >= 15 is 0 Å². The van der Waals surface area contributed by atoms with Crippen LogP contribution in [0, 0.1) is 0 Å². The molecule has 5 rings (SSSR count). The molecule has 1 N–H and O–H groups in total. The van der Waals surface area contributed by atoms with Gasteiger partial charge in [0.15, 0.2) is 0 Å². The molecule has 188 valence electrons. The Labute approximate surface area is 206 Å². The van der Waals surface area contributed by atoms with Crippen molar-refractivity contribution >= 4 is 17.4 Å². The van der Waals surface area contributed by atoms with E-state index in [-0.39, 0.29) is 18.4 Å². The largest absolute Gasteiger partial charge is 0.472 e. The Morgan fingerprint density at radius 2 is 1.81 bits per heavy atom. The van der Waals surface area contributed by atoms with E-state index in [1.165, 1.54) is 11.8 Å². The molecule has 2 saturated heterocycles. The quantitative estimate of drug-likeness (QED) is 0.529. The summed E-state index contributed by atoms with van der Waals surface area (Å²) in [5, 5.41) is 11.3. The second kappa shape index (κ2) is 9.63. The van der Waals surface area contributed by atoms with Crippen molar-refractivity contribution in [2.45, 2.75) is 44.8 Å². The Morgan fingerprint density at radius 1 is 1.03 bits per heavy atom. The average molecular weight is 499 g/mol. The van der Waals surface area contributed by atoms with Crippen LogP contribution >= 0.6 is 0 Å². The summed E-state index contributed by atoms with van der Waals surface area (Å²) in [5.74, 6) is 0.986. The first kappa shape index (κ1) is 23.8. The van der Waals surface area contributed by atoms with Gasteiger partial charge in [0.05, 0.1) is 6.04 Å². The maximum Gasteiger partial charge on any atom is 0.433 e. The number of nitrogens with one attached hydrogen (secondary N) is 1. The molecule has 2 unspecified atom stereocenters. The molecule has 2 aliphatic rings. The molecular formula is C25H25F3N6O2. The van der Waals surface area contributed by atoms with Crippen molar-refractivity contribution in [3.8, 4) is 5.88 Å². The summed E-state index contributed by atoms with van der Waals surface area (Å²) in [5.41, 5.74) is 1.80. The number of pyridine rings is 1. The van der Waals surface area contributed by atoms with Crippen molar-refractivity contribution in [2.75, 3.05) is 23.3 Å². The maximum absolute atomic E-state index is 12.6. The van der Waals surface area contributed by atoms with Gasteiger partial charge in [-0.15, -0.1) is 10.2 Å². The highest BCUT2D eigenvalue weighted by atomic mass is 19.4. The van der Waals surface area contributed by atoms with Crippen LogP contribution in [-0.2, 0) is 24.1 Å². The van der Waals surface area contributed by atoms with E-state index in [9.17, 15) is 18.0 Å². The number of rotatable bonds is 7. The van der Waals surface area contributed by atoms with Crippen LogP contribution < -0.4 is 15.0 Å². The topological polar surface area (TPSA) is 83.5 Å². The number of piperazine rings is 1. The number of aromatic nitrogens is 3. The van der Waals surface area contributed by atoms with Gasteiger partial charge in [0, 0.05) is 56.1 Å². The van der Waals surface area contributed by atoms with Gasteiger partial charge in [0.25, 0.3) is 0 Å². The molecule has 0 radical (unpaired) electrons. The molecule has 2 aromatic heterocycles. The molecule has 11 heteroatoms. The predicted molar refractivity (Wildman–Crippen MR) is 126 cm³/mol. The molecule has 4 heterocycles. The second-order valence-corrected chi connectivity index (χ2v) is 8.98. The normalized spacial score (nSPS) is 19.0. The molecule has 36 heavy (non-hydrogen) atoms. The lowest BCUT2D eigenvalue weighted by Crippen LogP contribution is -2.48. The fourth-order valence-electron chi connectivity index (χ4n) is 4.69. The lowest BCUT2D eigenvalue weighted by Gasteiger charge is -2.35. The van der Waals surface area contributed by atoms with Gasteiger partial charge in [0.1, 0.15) is 18.1 Å². The number of ether oxygens (including phenoxy) is 1. The number of carbonyl (C=O) groups is 1. The van der Waals surface area contributed by atoms with E-state index in [4.69, 9.17) is 4.74 Å².